The Bertz CT molecular complexity index is 566. The number of carbonyl (C=O) groups excluding carboxylic acids is 2. The predicted octanol–water partition coefficient (Wildman–Crippen LogP) is 2.65. The molecule has 0 bridgehead atoms. The van der Waals surface area contributed by atoms with Crippen LogP contribution in [0.15, 0.2) is 47.8 Å². The van der Waals surface area contributed by atoms with Gasteiger partial charge in [-0.1, -0.05) is 36.4 Å². The van der Waals surface area contributed by atoms with Crippen LogP contribution in [0.3, 0.4) is 0 Å². The Hall–Kier alpha value is -2.14. The van der Waals surface area contributed by atoms with Crippen molar-refractivity contribution >= 4 is 23.2 Å². The topological polar surface area (TPSA) is 55.4 Å². The van der Waals surface area contributed by atoms with Gasteiger partial charge in [-0.2, -0.15) is 0 Å². The lowest BCUT2D eigenvalue weighted by molar-refractivity contribution is -0.143. The number of benzene rings is 1. The molecule has 1 heterocycles. The molecule has 1 aromatic carbocycles. The molecule has 4 nitrogen and oxygen atoms in total. The van der Waals surface area contributed by atoms with Gasteiger partial charge in [-0.05, 0) is 17.0 Å². The van der Waals surface area contributed by atoms with Crippen LogP contribution in [0, 0.1) is 0 Å². The quantitative estimate of drug-likeness (QED) is 0.800. The summed E-state index contributed by atoms with van der Waals surface area (Å²) in [6.45, 7) is 0.655. The van der Waals surface area contributed by atoms with Crippen molar-refractivity contribution in [3.05, 3.63) is 58.3 Å². The highest BCUT2D eigenvalue weighted by Gasteiger charge is 2.07. The Labute approximate surface area is 127 Å². The molecule has 1 aromatic heterocycles. The molecular weight excluding hydrogens is 286 g/mol. The van der Waals surface area contributed by atoms with Gasteiger partial charge in [-0.3, -0.25) is 9.59 Å². The van der Waals surface area contributed by atoms with E-state index in [1.807, 2.05) is 41.8 Å². The van der Waals surface area contributed by atoms with Crippen LogP contribution in [0.2, 0.25) is 0 Å². The molecule has 0 aliphatic heterocycles. The fraction of sp³-hybridized carbons (Fsp3) is 0.250. The van der Waals surface area contributed by atoms with E-state index in [-0.39, 0.29) is 18.3 Å². The Morgan fingerprint density at radius 1 is 1.10 bits per heavy atom. The third kappa shape index (κ3) is 5.39. The molecule has 21 heavy (non-hydrogen) atoms. The Kier molecular flexibility index (Phi) is 5.97. The maximum absolute atomic E-state index is 11.6. The monoisotopic (exact) mass is 303 g/mol. The molecule has 1 amide bonds. The highest BCUT2D eigenvalue weighted by atomic mass is 32.1. The summed E-state index contributed by atoms with van der Waals surface area (Å²) in [5, 5.41) is 4.53. The second-order valence-electron chi connectivity index (χ2n) is 4.44. The van der Waals surface area contributed by atoms with Crippen molar-refractivity contribution in [1.82, 2.24) is 5.32 Å². The number of amides is 1. The van der Waals surface area contributed by atoms with E-state index in [4.69, 9.17) is 4.74 Å². The summed E-state index contributed by atoms with van der Waals surface area (Å²) in [5.74, 6) is -0.445. The number of carbonyl (C=O) groups is 2. The second-order valence-corrected chi connectivity index (χ2v) is 5.39. The summed E-state index contributed by atoms with van der Waals surface area (Å²) in [5.41, 5.74) is 1.14. The van der Waals surface area contributed by atoms with E-state index in [9.17, 15) is 9.59 Å². The molecule has 0 fully saturated rings. The lowest BCUT2D eigenvalue weighted by Crippen LogP contribution is -2.26. The molecule has 5 heteroatoms. The molecule has 0 unspecified atom stereocenters. The molecule has 110 valence electrons. The van der Waals surface area contributed by atoms with E-state index < -0.39 is 0 Å². The third-order valence-corrected chi connectivity index (χ3v) is 3.72. The van der Waals surface area contributed by atoms with Crippen molar-refractivity contribution in [3.63, 3.8) is 0 Å². The van der Waals surface area contributed by atoms with Gasteiger partial charge in [-0.15, -0.1) is 11.3 Å². The Balaban J connectivity index is 1.58. The van der Waals surface area contributed by atoms with Gasteiger partial charge in [0, 0.05) is 13.0 Å². The average Bonchev–Trinajstić information content (AvgIpc) is 3.02. The average molecular weight is 303 g/mol. The van der Waals surface area contributed by atoms with Crippen molar-refractivity contribution < 1.29 is 14.3 Å². The van der Waals surface area contributed by atoms with E-state index in [0.29, 0.717) is 24.4 Å². The zero-order chi connectivity index (χ0) is 14.9. The zero-order valence-electron chi connectivity index (χ0n) is 11.6. The molecule has 0 atom stereocenters. The number of hydrogen-bond donors (Lipinski definition) is 1. The van der Waals surface area contributed by atoms with E-state index >= 15 is 0 Å². The number of esters is 1. The van der Waals surface area contributed by atoms with E-state index in [0.717, 1.165) is 5.56 Å². The van der Waals surface area contributed by atoms with Gasteiger partial charge in [0.05, 0.1) is 17.9 Å². The fourth-order valence-electron chi connectivity index (χ4n) is 1.77. The second kappa shape index (κ2) is 8.21. The first-order chi connectivity index (χ1) is 10.3. The summed E-state index contributed by atoms with van der Waals surface area (Å²) in [4.78, 5) is 23.8. The summed E-state index contributed by atoms with van der Waals surface area (Å²) in [7, 11) is 0. The van der Waals surface area contributed by atoms with Crippen LogP contribution in [0.4, 0.5) is 0 Å². The lowest BCUT2D eigenvalue weighted by atomic mass is 10.2. The summed E-state index contributed by atoms with van der Waals surface area (Å²) in [6.07, 6.45) is 0.889. The Morgan fingerprint density at radius 2 is 1.90 bits per heavy atom. The van der Waals surface area contributed by atoms with Gasteiger partial charge in [0.1, 0.15) is 0 Å². The molecule has 0 radical (unpaired) electrons. The van der Waals surface area contributed by atoms with Gasteiger partial charge in [-0.25, -0.2) is 0 Å². The minimum Gasteiger partial charge on any atom is -0.465 e. The van der Waals surface area contributed by atoms with E-state index in [1.165, 1.54) is 11.3 Å². The molecule has 2 rings (SSSR count). The third-order valence-electron chi connectivity index (χ3n) is 2.86. The first-order valence-electron chi connectivity index (χ1n) is 6.77. The first-order valence-corrected chi connectivity index (χ1v) is 7.65. The number of rotatable bonds is 7. The molecule has 0 spiro atoms. The van der Waals surface area contributed by atoms with Crippen LogP contribution in [0.5, 0.6) is 0 Å². The minimum atomic E-state index is -0.294. The molecular formula is C16H17NO3S. The number of nitrogens with one attached hydrogen (secondary N) is 1. The molecule has 2 aromatic rings. The molecule has 0 saturated heterocycles. The van der Waals surface area contributed by atoms with Crippen molar-refractivity contribution in [3.8, 4) is 0 Å². The molecule has 0 saturated carbocycles. The predicted molar refractivity (Wildman–Crippen MR) is 82.4 cm³/mol. The van der Waals surface area contributed by atoms with E-state index in [1.54, 1.807) is 6.07 Å². The van der Waals surface area contributed by atoms with Crippen molar-refractivity contribution in [2.75, 3.05) is 13.2 Å². The van der Waals surface area contributed by atoms with Crippen molar-refractivity contribution in [2.24, 2.45) is 0 Å². The highest BCUT2D eigenvalue weighted by molar-refractivity contribution is 7.12. The van der Waals surface area contributed by atoms with E-state index in [2.05, 4.69) is 5.32 Å². The van der Waals surface area contributed by atoms with Gasteiger partial charge in [0.25, 0.3) is 5.91 Å². The minimum absolute atomic E-state index is 0.151. The molecule has 0 aliphatic rings. The van der Waals surface area contributed by atoms with Gasteiger partial charge in [0.15, 0.2) is 0 Å². The number of hydrogen-bond acceptors (Lipinski definition) is 4. The maximum atomic E-state index is 11.6. The smallest absolute Gasteiger partial charge is 0.307 e. The normalized spacial score (nSPS) is 10.1. The largest absolute Gasteiger partial charge is 0.465 e. The van der Waals surface area contributed by atoms with Crippen molar-refractivity contribution in [1.29, 1.82) is 0 Å². The fourth-order valence-corrected chi connectivity index (χ4v) is 2.41. The maximum Gasteiger partial charge on any atom is 0.307 e. The van der Waals surface area contributed by atoms with Crippen LogP contribution in [-0.4, -0.2) is 25.0 Å². The van der Waals surface area contributed by atoms with Gasteiger partial charge >= 0.3 is 5.97 Å². The molecule has 1 N–H and O–H groups in total. The van der Waals surface area contributed by atoms with Gasteiger partial charge in [0.2, 0.25) is 0 Å². The SMILES string of the molecule is O=C(CCNC(=O)c1cccs1)OCCc1ccccc1. The van der Waals surface area contributed by atoms with Crippen LogP contribution in [0.25, 0.3) is 0 Å². The lowest BCUT2D eigenvalue weighted by Gasteiger charge is -2.06. The van der Waals surface area contributed by atoms with Crippen LogP contribution >= 0.6 is 11.3 Å². The Morgan fingerprint density at radius 3 is 2.62 bits per heavy atom. The van der Waals surface area contributed by atoms with Crippen LogP contribution in [0.1, 0.15) is 21.7 Å². The number of ether oxygens (including phenoxy) is 1. The van der Waals surface area contributed by atoms with Crippen molar-refractivity contribution in [2.45, 2.75) is 12.8 Å². The standard InChI is InChI=1S/C16H17NO3S/c18-15(20-11-9-13-5-2-1-3-6-13)8-10-17-16(19)14-7-4-12-21-14/h1-7,12H,8-11H2,(H,17,19). The number of thiophene rings is 1. The first kappa shape index (κ1) is 15.3. The highest BCUT2D eigenvalue weighted by Crippen LogP contribution is 2.07. The zero-order valence-corrected chi connectivity index (χ0v) is 12.4. The van der Waals surface area contributed by atoms with Gasteiger partial charge < -0.3 is 10.1 Å². The summed E-state index contributed by atoms with van der Waals surface area (Å²) in [6, 6.07) is 13.4. The molecule has 0 aliphatic carbocycles. The summed E-state index contributed by atoms with van der Waals surface area (Å²) < 4.78 is 5.13. The van der Waals surface area contributed by atoms with Crippen LogP contribution in [-0.2, 0) is 16.0 Å². The summed E-state index contributed by atoms with van der Waals surface area (Å²) >= 11 is 1.37. The van der Waals surface area contributed by atoms with Crippen LogP contribution < -0.4 is 5.32 Å².